The van der Waals surface area contributed by atoms with Gasteiger partial charge in [-0.25, -0.2) is 9.59 Å². The highest BCUT2D eigenvalue weighted by Crippen LogP contribution is 2.30. The van der Waals surface area contributed by atoms with Gasteiger partial charge in [0.25, 0.3) is 0 Å². The number of alkyl halides is 3. The van der Waals surface area contributed by atoms with E-state index in [2.05, 4.69) is 50.8 Å². The van der Waals surface area contributed by atoms with Crippen LogP contribution in [-0.4, -0.2) is 52.9 Å². The summed E-state index contributed by atoms with van der Waals surface area (Å²) in [6.07, 6.45) is 0.359. The van der Waals surface area contributed by atoms with Crippen LogP contribution in [0.5, 0.6) is 0 Å². The number of carboxylic acids is 2. The highest BCUT2D eigenvalue weighted by atomic mass is 19.4. The third-order valence-corrected chi connectivity index (χ3v) is 5.08. The van der Waals surface area contributed by atoms with Gasteiger partial charge >= 0.3 is 18.1 Å². The number of rotatable bonds is 7. The van der Waals surface area contributed by atoms with E-state index in [0.717, 1.165) is 25.8 Å². The Morgan fingerprint density at radius 2 is 1.56 bits per heavy atom. The van der Waals surface area contributed by atoms with Crippen molar-refractivity contribution in [3.8, 4) is 0 Å². The quantitative estimate of drug-likeness (QED) is 0.446. The first-order valence-corrected chi connectivity index (χ1v) is 10.8. The molecular formula is C24H34F3NO4. The number of halogens is 3. The van der Waals surface area contributed by atoms with Crippen LogP contribution in [0.25, 0.3) is 0 Å². The summed E-state index contributed by atoms with van der Waals surface area (Å²) < 4.78 is 38.1. The van der Waals surface area contributed by atoms with E-state index in [1.54, 1.807) is 0 Å². The van der Waals surface area contributed by atoms with Crippen LogP contribution < -0.4 is 0 Å². The maximum absolute atomic E-state index is 12.7. The van der Waals surface area contributed by atoms with E-state index in [9.17, 15) is 13.2 Å². The van der Waals surface area contributed by atoms with Crippen LogP contribution in [0, 0.1) is 11.8 Å². The average Bonchev–Trinajstić information content (AvgIpc) is 2.67. The monoisotopic (exact) mass is 457 g/mol. The van der Waals surface area contributed by atoms with Crippen LogP contribution in [0.2, 0.25) is 0 Å². The minimum Gasteiger partial charge on any atom is -0.473 e. The highest BCUT2D eigenvalue weighted by molar-refractivity contribution is 6.27. The van der Waals surface area contributed by atoms with E-state index in [-0.39, 0.29) is 12.0 Å². The van der Waals surface area contributed by atoms with Gasteiger partial charge in [0.05, 0.1) is 0 Å². The zero-order valence-corrected chi connectivity index (χ0v) is 19.2. The van der Waals surface area contributed by atoms with E-state index >= 15 is 0 Å². The van der Waals surface area contributed by atoms with Gasteiger partial charge in [-0.1, -0.05) is 52.0 Å². The van der Waals surface area contributed by atoms with Crippen molar-refractivity contribution in [1.82, 2.24) is 4.90 Å². The first-order chi connectivity index (χ1) is 14.8. The third kappa shape index (κ3) is 10.3. The molecule has 1 heterocycles. The van der Waals surface area contributed by atoms with Crippen LogP contribution in [0.3, 0.4) is 0 Å². The van der Waals surface area contributed by atoms with Crippen LogP contribution in [-0.2, 0) is 28.9 Å². The molecule has 0 aliphatic carbocycles. The Morgan fingerprint density at radius 1 is 1.00 bits per heavy atom. The third-order valence-electron chi connectivity index (χ3n) is 5.08. The Morgan fingerprint density at radius 3 is 2.00 bits per heavy atom. The van der Waals surface area contributed by atoms with Crippen LogP contribution in [0.15, 0.2) is 29.8 Å². The van der Waals surface area contributed by atoms with Gasteiger partial charge in [-0.15, -0.1) is 0 Å². The lowest BCUT2D eigenvalue weighted by Crippen LogP contribution is -2.33. The molecule has 2 N–H and O–H groups in total. The molecule has 2 rings (SSSR count). The van der Waals surface area contributed by atoms with Gasteiger partial charge in [-0.3, -0.25) is 4.90 Å². The van der Waals surface area contributed by atoms with Crippen molar-refractivity contribution in [1.29, 1.82) is 0 Å². The van der Waals surface area contributed by atoms with Crippen molar-refractivity contribution in [2.45, 2.75) is 59.6 Å². The minimum atomic E-state index is -4.16. The zero-order chi connectivity index (χ0) is 24.5. The molecule has 0 aromatic heterocycles. The number of hydrogen-bond acceptors (Lipinski definition) is 3. The summed E-state index contributed by atoms with van der Waals surface area (Å²) in [5.74, 6) is -2.40. The Balaban J connectivity index is 0.000000751. The Bertz CT molecular complexity index is 789. The molecule has 0 fully saturated rings. The summed E-state index contributed by atoms with van der Waals surface area (Å²) in [7, 11) is 0. The fourth-order valence-corrected chi connectivity index (χ4v) is 3.56. The lowest BCUT2D eigenvalue weighted by atomic mass is 9.91. The van der Waals surface area contributed by atoms with Gasteiger partial charge in [0.1, 0.15) is 0 Å². The summed E-state index contributed by atoms with van der Waals surface area (Å²) in [4.78, 5) is 20.3. The molecule has 0 atom stereocenters. The molecular weight excluding hydrogens is 423 g/mol. The van der Waals surface area contributed by atoms with Crippen molar-refractivity contribution in [2.24, 2.45) is 11.8 Å². The average molecular weight is 458 g/mol. The van der Waals surface area contributed by atoms with E-state index in [1.165, 1.54) is 22.8 Å². The molecule has 5 nitrogen and oxygen atoms in total. The molecule has 0 radical (unpaired) electrons. The Hall–Kier alpha value is -2.35. The van der Waals surface area contributed by atoms with Crippen molar-refractivity contribution in [3.63, 3.8) is 0 Å². The smallest absolute Gasteiger partial charge is 0.414 e. The van der Waals surface area contributed by atoms with Crippen molar-refractivity contribution in [2.75, 3.05) is 19.6 Å². The maximum Gasteiger partial charge on any atom is 0.414 e. The molecule has 0 spiro atoms. The first kappa shape index (κ1) is 27.7. The van der Waals surface area contributed by atoms with E-state index < -0.39 is 18.1 Å². The second-order valence-corrected chi connectivity index (χ2v) is 8.94. The van der Waals surface area contributed by atoms with E-state index in [1.807, 2.05) is 0 Å². The molecule has 180 valence electrons. The summed E-state index contributed by atoms with van der Waals surface area (Å²) >= 11 is 0. The number of carbonyl (C=O) groups is 2. The van der Waals surface area contributed by atoms with E-state index in [4.69, 9.17) is 19.8 Å². The zero-order valence-electron chi connectivity index (χ0n) is 19.2. The number of benzene rings is 1. The standard InChI is InChI=1S/C22H32F3N.C2H2O4/c1-16(2)13-19-6-5-18(15-20(19)14-17(3)4)7-10-26-11-8-21(9-12-26)22(23,24)25;3-1(4)2(5)6/h5-6,8,15-17H,7,9-14H2,1-4H3;(H,3,4)(H,5,6). The molecule has 0 amide bonds. The largest absolute Gasteiger partial charge is 0.473 e. The summed E-state index contributed by atoms with van der Waals surface area (Å²) in [6, 6.07) is 6.77. The van der Waals surface area contributed by atoms with Crippen LogP contribution in [0.1, 0.15) is 50.8 Å². The van der Waals surface area contributed by atoms with Gasteiger partial charge < -0.3 is 10.2 Å². The molecule has 1 aliphatic heterocycles. The molecule has 1 aromatic carbocycles. The second-order valence-electron chi connectivity index (χ2n) is 8.94. The summed E-state index contributed by atoms with van der Waals surface area (Å²) in [6.45, 7) is 10.7. The number of carboxylic acid groups (broad SMARTS) is 2. The molecule has 0 saturated carbocycles. The van der Waals surface area contributed by atoms with Crippen molar-refractivity contribution >= 4 is 11.9 Å². The van der Waals surface area contributed by atoms with Gasteiger partial charge in [-0.2, -0.15) is 13.2 Å². The molecule has 0 bridgehead atoms. The number of hydrogen-bond donors (Lipinski definition) is 2. The molecule has 8 heteroatoms. The van der Waals surface area contributed by atoms with Gasteiger partial charge in [0.2, 0.25) is 0 Å². The molecule has 0 saturated heterocycles. The fraction of sp³-hybridized carbons (Fsp3) is 0.583. The lowest BCUT2D eigenvalue weighted by molar-refractivity contribution is -0.159. The number of aliphatic carboxylic acids is 2. The second kappa shape index (κ2) is 12.6. The van der Waals surface area contributed by atoms with Gasteiger partial charge in [-0.05, 0) is 54.2 Å². The maximum atomic E-state index is 12.7. The summed E-state index contributed by atoms with van der Waals surface area (Å²) in [5.41, 5.74) is 3.79. The Labute approximate surface area is 187 Å². The topological polar surface area (TPSA) is 77.8 Å². The molecule has 1 aliphatic rings. The molecule has 0 unspecified atom stereocenters. The van der Waals surface area contributed by atoms with Crippen LogP contribution >= 0.6 is 0 Å². The predicted molar refractivity (Wildman–Crippen MR) is 118 cm³/mol. The number of nitrogens with zero attached hydrogens (tertiary/aromatic N) is 1. The highest BCUT2D eigenvalue weighted by Gasteiger charge is 2.34. The van der Waals surface area contributed by atoms with Gasteiger partial charge in [0.15, 0.2) is 0 Å². The molecule has 32 heavy (non-hydrogen) atoms. The summed E-state index contributed by atoms with van der Waals surface area (Å²) in [5, 5.41) is 14.8. The lowest BCUT2D eigenvalue weighted by Gasteiger charge is -2.27. The molecule has 1 aromatic rings. The first-order valence-electron chi connectivity index (χ1n) is 10.8. The van der Waals surface area contributed by atoms with Crippen molar-refractivity contribution < 1.29 is 33.0 Å². The Kier molecular flexibility index (Phi) is 10.9. The fourth-order valence-electron chi connectivity index (χ4n) is 3.56. The normalized spacial score (nSPS) is 14.7. The minimum absolute atomic E-state index is 0.107. The van der Waals surface area contributed by atoms with E-state index in [0.29, 0.717) is 24.9 Å². The predicted octanol–water partition coefficient (Wildman–Crippen LogP) is 4.98. The SMILES string of the molecule is CC(C)Cc1ccc(CCN2CC=C(C(F)(F)F)CC2)cc1CC(C)C.O=C(O)C(=O)O. The van der Waals surface area contributed by atoms with Gasteiger partial charge in [0, 0.05) is 25.2 Å². The van der Waals surface area contributed by atoms with Crippen molar-refractivity contribution in [3.05, 3.63) is 46.5 Å². The van der Waals surface area contributed by atoms with Crippen LogP contribution in [0.4, 0.5) is 13.2 Å².